The number of benzene rings is 3. The summed E-state index contributed by atoms with van der Waals surface area (Å²) in [6.45, 7) is 0.0605. The van der Waals surface area contributed by atoms with Crippen LogP contribution in [0.3, 0.4) is 0 Å². The minimum absolute atomic E-state index is 0.0368. The molecule has 3 rings (SSSR count). The minimum atomic E-state index is -1.19. The lowest BCUT2D eigenvalue weighted by Crippen LogP contribution is -2.45. The molecule has 1 N–H and O–H groups in total. The molecule has 3 aromatic rings. The maximum atomic E-state index is 13.0. The molecular weight excluding hydrogens is 656 g/mol. The van der Waals surface area contributed by atoms with E-state index < -0.39 is 43.1 Å². The first kappa shape index (κ1) is 38.1. The standard InChI is InChI=1S/C34H30N4O12/c1-23-2-3-24(16-29(23)37-22-41)17-30(34(45)49-15-13-47-19-32(43)50-28-10-8-27(9-11-28)36-21-40)38-31(42)18-46-12-14-48-33(44)25-4-6-26(7-5-25)35-20-39/h2-11,16,30H,12-15,17-19H2,1H3,(H,38,42). The summed E-state index contributed by atoms with van der Waals surface area (Å²) in [6.07, 6.45) is 4.23. The zero-order valence-electron chi connectivity index (χ0n) is 26.6. The zero-order valence-corrected chi connectivity index (χ0v) is 26.6. The third-order valence-corrected chi connectivity index (χ3v) is 6.41. The number of aryl methyl sites for hydroxylation is 1. The maximum absolute atomic E-state index is 13.0. The van der Waals surface area contributed by atoms with Crippen molar-refractivity contribution in [1.29, 1.82) is 0 Å². The molecule has 0 aromatic heterocycles. The van der Waals surface area contributed by atoms with Gasteiger partial charge < -0.3 is 29.0 Å². The van der Waals surface area contributed by atoms with Crippen LogP contribution in [0.25, 0.3) is 0 Å². The highest BCUT2D eigenvalue weighted by molar-refractivity contribution is 5.89. The van der Waals surface area contributed by atoms with Gasteiger partial charge in [0.2, 0.25) is 24.1 Å². The number of carbonyl (C=O) groups excluding carboxylic acids is 7. The van der Waals surface area contributed by atoms with Gasteiger partial charge in [-0.25, -0.2) is 28.8 Å². The van der Waals surface area contributed by atoms with Crippen LogP contribution in [0.5, 0.6) is 5.75 Å². The molecule has 50 heavy (non-hydrogen) atoms. The number of aliphatic imine (C=N–C) groups is 3. The third kappa shape index (κ3) is 13.4. The number of amides is 1. The molecule has 1 atom stereocenters. The molecular formula is C34H30N4O12. The van der Waals surface area contributed by atoms with Crippen LogP contribution in [0.2, 0.25) is 0 Å². The van der Waals surface area contributed by atoms with Gasteiger partial charge in [-0.1, -0.05) is 12.1 Å². The molecule has 0 bridgehead atoms. The van der Waals surface area contributed by atoms with Gasteiger partial charge in [-0.15, -0.1) is 0 Å². The van der Waals surface area contributed by atoms with E-state index in [9.17, 15) is 33.6 Å². The van der Waals surface area contributed by atoms with Gasteiger partial charge in [-0.3, -0.25) is 4.79 Å². The Hall–Kier alpha value is -6.40. The Morgan fingerprint density at radius 2 is 1.32 bits per heavy atom. The average molecular weight is 687 g/mol. The Kier molecular flexibility index (Phi) is 15.8. The molecule has 16 heteroatoms. The molecule has 0 saturated carbocycles. The number of nitrogens with one attached hydrogen (secondary N) is 1. The summed E-state index contributed by atoms with van der Waals surface area (Å²) in [5, 5.41) is 2.54. The van der Waals surface area contributed by atoms with Crippen LogP contribution < -0.4 is 10.1 Å². The number of hydrogen-bond donors (Lipinski definition) is 1. The lowest BCUT2D eigenvalue weighted by Gasteiger charge is -2.18. The lowest BCUT2D eigenvalue weighted by molar-refractivity contribution is -0.150. The molecule has 0 fully saturated rings. The molecule has 1 unspecified atom stereocenters. The molecule has 0 spiro atoms. The summed E-state index contributed by atoms with van der Waals surface area (Å²) in [5.74, 6) is -2.67. The van der Waals surface area contributed by atoms with Crippen molar-refractivity contribution >= 4 is 59.1 Å². The fourth-order valence-corrected chi connectivity index (χ4v) is 4.04. The first-order valence-corrected chi connectivity index (χ1v) is 14.7. The summed E-state index contributed by atoms with van der Waals surface area (Å²) < 4.78 is 26.0. The molecule has 3 aromatic carbocycles. The number of nitrogens with zero attached hydrogens (tertiary/aromatic N) is 3. The molecule has 0 aliphatic carbocycles. The topological polar surface area (TPSA) is 215 Å². The van der Waals surface area contributed by atoms with Gasteiger partial charge in [0.25, 0.3) is 0 Å². The molecule has 1 amide bonds. The van der Waals surface area contributed by atoms with Gasteiger partial charge in [0.15, 0.2) is 0 Å². The van der Waals surface area contributed by atoms with Crippen LogP contribution in [0.15, 0.2) is 81.7 Å². The molecule has 258 valence electrons. The Labute approximate surface area is 284 Å². The number of rotatable bonds is 19. The van der Waals surface area contributed by atoms with E-state index in [-0.39, 0.29) is 44.2 Å². The smallest absolute Gasteiger partial charge is 0.338 e. The van der Waals surface area contributed by atoms with E-state index in [0.717, 1.165) is 0 Å². The van der Waals surface area contributed by atoms with Gasteiger partial charge in [-0.05, 0) is 72.6 Å². The van der Waals surface area contributed by atoms with Crippen LogP contribution in [0, 0.1) is 6.92 Å². The van der Waals surface area contributed by atoms with E-state index in [0.29, 0.717) is 28.2 Å². The van der Waals surface area contributed by atoms with E-state index in [1.165, 1.54) is 66.8 Å². The zero-order chi connectivity index (χ0) is 36.1. The summed E-state index contributed by atoms with van der Waals surface area (Å²) in [6, 6.07) is 15.3. The van der Waals surface area contributed by atoms with Gasteiger partial charge >= 0.3 is 17.9 Å². The van der Waals surface area contributed by atoms with E-state index in [1.54, 1.807) is 25.1 Å². The highest BCUT2D eigenvalue weighted by Gasteiger charge is 2.23. The summed E-state index contributed by atoms with van der Waals surface area (Å²) in [7, 11) is 0. The number of hydrogen-bond acceptors (Lipinski definition) is 15. The third-order valence-electron chi connectivity index (χ3n) is 6.41. The Morgan fingerprint density at radius 3 is 1.96 bits per heavy atom. The number of esters is 3. The predicted molar refractivity (Wildman–Crippen MR) is 172 cm³/mol. The largest absolute Gasteiger partial charge is 0.462 e. The van der Waals surface area contributed by atoms with Crippen molar-refractivity contribution in [2.24, 2.45) is 15.0 Å². The molecule has 0 aliphatic rings. The summed E-state index contributed by atoms with van der Waals surface area (Å²) in [4.78, 5) is 91.8. The molecule has 0 aliphatic heterocycles. The SMILES string of the molecule is Cc1ccc(CC(NC(=O)COCCOC(=O)c2ccc(N=C=O)cc2)C(=O)OCCOCC(=O)Oc2ccc(N=C=O)cc2)cc1N=C=O. The quantitative estimate of drug-likeness (QED) is 0.0633. The maximum Gasteiger partial charge on any atom is 0.338 e. The Morgan fingerprint density at radius 1 is 0.720 bits per heavy atom. The van der Waals surface area contributed by atoms with Crippen molar-refractivity contribution in [3.63, 3.8) is 0 Å². The normalized spacial score (nSPS) is 10.7. The number of isocyanates is 3. The van der Waals surface area contributed by atoms with Gasteiger partial charge in [0.1, 0.15) is 38.2 Å². The second-order valence-corrected chi connectivity index (χ2v) is 9.98. The number of ether oxygens (including phenoxy) is 5. The van der Waals surface area contributed by atoms with Crippen LogP contribution in [-0.2, 0) is 54.1 Å². The highest BCUT2D eigenvalue weighted by atomic mass is 16.6. The van der Waals surface area contributed by atoms with Crippen LogP contribution in [0.4, 0.5) is 17.1 Å². The summed E-state index contributed by atoms with van der Waals surface area (Å²) in [5.41, 5.74) is 2.46. The van der Waals surface area contributed by atoms with Crippen molar-refractivity contribution in [2.75, 3.05) is 39.6 Å². The van der Waals surface area contributed by atoms with Crippen molar-refractivity contribution in [3.05, 3.63) is 83.4 Å². The van der Waals surface area contributed by atoms with Gasteiger partial charge in [0.05, 0.1) is 35.8 Å². The first-order valence-electron chi connectivity index (χ1n) is 14.7. The molecule has 16 nitrogen and oxygen atoms in total. The Balaban J connectivity index is 1.48. The van der Waals surface area contributed by atoms with Crippen LogP contribution in [-0.4, -0.2) is 87.7 Å². The van der Waals surface area contributed by atoms with E-state index in [1.807, 2.05) is 0 Å². The summed E-state index contributed by atoms with van der Waals surface area (Å²) >= 11 is 0. The van der Waals surface area contributed by atoms with Crippen molar-refractivity contribution in [1.82, 2.24) is 5.32 Å². The van der Waals surface area contributed by atoms with Crippen molar-refractivity contribution < 1.29 is 57.2 Å². The highest BCUT2D eigenvalue weighted by Crippen LogP contribution is 2.21. The second-order valence-electron chi connectivity index (χ2n) is 9.98. The van der Waals surface area contributed by atoms with Gasteiger partial charge in [0, 0.05) is 6.42 Å². The van der Waals surface area contributed by atoms with Crippen molar-refractivity contribution in [2.45, 2.75) is 19.4 Å². The average Bonchev–Trinajstić information content (AvgIpc) is 3.10. The second kappa shape index (κ2) is 20.8. The fourth-order valence-electron chi connectivity index (χ4n) is 4.04. The molecule has 0 saturated heterocycles. The molecule has 0 heterocycles. The number of carbonyl (C=O) groups is 4. The minimum Gasteiger partial charge on any atom is -0.462 e. The molecule has 0 radical (unpaired) electrons. The van der Waals surface area contributed by atoms with Gasteiger partial charge in [-0.2, -0.15) is 15.0 Å². The fraction of sp³-hybridized carbons (Fsp3) is 0.265. The van der Waals surface area contributed by atoms with Crippen LogP contribution in [0.1, 0.15) is 21.5 Å². The van der Waals surface area contributed by atoms with E-state index in [2.05, 4.69) is 20.3 Å². The predicted octanol–water partition coefficient (Wildman–Crippen LogP) is 2.96. The monoisotopic (exact) mass is 686 g/mol. The Bertz CT molecular complexity index is 1790. The van der Waals surface area contributed by atoms with Crippen molar-refractivity contribution in [3.8, 4) is 5.75 Å². The van der Waals surface area contributed by atoms with E-state index >= 15 is 0 Å². The van der Waals surface area contributed by atoms with E-state index in [4.69, 9.17) is 23.7 Å². The van der Waals surface area contributed by atoms with Crippen LogP contribution >= 0.6 is 0 Å². The lowest BCUT2D eigenvalue weighted by atomic mass is 10.0. The first-order chi connectivity index (χ1) is 24.2.